The lowest BCUT2D eigenvalue weighted by atomic mass is 10.1. The normalized spacial score (nSPS) is 13.3. The highest BCUT2D eigenvalue weighted by Gasteiger charge is 2.22. The number of hydrogen-bond donors (Lipinski definition) is 2. The lowest BCUT2D eigenvalue weighted by Crippen LogP contribution is -2.37. The number of aromatic nitrogens is 3. The second-order valence-corrected chi connectivity index (χ2v) is 9.34. The molecule has 1 aliphatic heterocycles. The summed E-state index contributed by atoms with van der Waals surface area (Å²) in [4.78, 5) is 17.7. The lowest BCUT2D eigenvalue weighted by molar-refractivity contribution is 0.122. The lowest BCUT2D eigenvalue weighted by Gasteiger charge is -2.30. The first-order chi connectivity index (χ1) is 17.7. The van der Waals surface area contributed by atoms with Crippen LogP contribution in [-0.4, -0.2) is 52.6 Å². The zero-order valence-corrected chi connectivity index (χ0v) is 21.5. The summed E-state index contributed by atoms with van der Waals surface area (Å²) in [5, 5.41) is 6.95. The third kappa shape index (κ3) is 5.64. The number of anilines is 3. The minimum absolute atomic E-state index is 0.531. The molecule has 0 saturated carbocycles. The van der Waals surface area contributed by atoms with Gasteiger partial charge in [-0.05, 0) is 67.0 Å². The second kappa shape index (κ2) is 11.5. The predicted molar refractivity (Wildman–Crippen MR) is 152 cm³/mol. The Morgan fingerprint density at radius 2 is 1.61 bits per heavy atom. The van der Waals surface area contributed by atoms with E-state index in [1.165, 1.54) is 0 Å². The van der Waals surface area contributed by atoms with Gasteiger partial charge in [-0.15, -0.1) is 11.8 Å². The van der Waals surface area contributed by atoms with Crippen molar-refractivity contribution in [2.24, 2.45) is 0 Å². The van der Waals surface area contributed by atoms with Crippen molar-refractivity contribution in [3.8, 4) is 22.6 Å². The zero-order valence-electron chi connectivity index (χ0n) is 19.8. The van der Waals surface area contributed by atoms with Crippen molar-refractivity contribution in [2.75, 3.05) is 48.1 Å². The van der Waals surface area contributed by atoms with Gasteiger partial charge in [-0.1, -0.05) is 18.2 Å². The first kappa shape index (κ1) is 24.2. The van der Waals surface area contributed by atoms with Gasteiger partial charge in [0.2, 0.25) is 0 Å². The molecule has 2 aromatic heterocycles. The highest BCUT2D eigenvalue weighted by Crippen LogP contribution is 2.37. The molecular weight excluding hydrogens is 488 g/mol. The van der Waals surface area contributed by atoms with Crippen molar-refractivity contribution in [3.63, 3.8) is 0 Å². The van der Waals surface area contributed by atoms with E-state index in [0.29, 0.717) is 24.2 Å². The molecule has 0 spiro atoms. The van der Waals surface area contributed by atoms with Crippen LogP contribution in [-0.2, 0) is 4.74 Å². The number of benzene rings is 2. The van der Waals surface area contributed by atoms with Gasteiger partial charge in [-0.2, -0.15) is 0 Å². The third-order valence-electron chi connectivity index (χ3n) is 5.73. The zero-order chi connectivity index (χ0) is 24.7. The van der Waals surface area contributed by atoms with Crippen molar-refractivity contribution in [3.05, 3.63) is 79.1 Å². The summed E-state index contributed by atoms with van der Waals surface area (Å²) in [6.45, 7) is 2.97. The van der Waals surface area contributed by atoms with Gasteiger partial charge in [-0.3, -0.25) is 4.98 Å². The summed E-state index contributed by atoms with van der Waals surface area (Å²) in [7, 11) is 0. The average Bonchev–Trinajstić information content (AvgIpc) is 2.94. The molecule has 0 amide bonds. The molecule has 9 heteroatoms. The van der Waals surface area contributed by atoms with Gasteiger partial charge in [-0.25, -0.2) is 9.97 Å². The molecular formula is C27H26N6OS2. The molecule has 5 rings (SSSR count). The van der Waals surface area contributed by atoms with Crippen LogP contribution in [0.3, 0.4) is 0 Å². The number of nitrogens with zero attached hydrogens (tertiary/aromatic N) is 4. The van der Waals surface area contributed by atoms with Crippen LogP contribution in [0.1, 0.15) is 0 Å². The molecule has 1 fully saturated rings. The number of ether oxygens (including phenoxy) is 1. The topological polar surface area (TPSA) is 75.2 Å². The summed E-state index contributed by atoms with van der Waals surface area (Å²) >= 11 is 7.12. The van der Waals surface area contributed by atoms with Crippen molar-refractivity contribution >= 4 is 46.3 Å². The molecule has 3 heterocycles. The summed E-state index contributed by atoms with van der Waals surface area (Å²) in [5.74, 6) is 1.61. The highest BCUT2D eigenvalue weighted by molar-refractivity contribution is 7.98. The fraction of sp³-hybridized carbons (Fsp3) is 0.185. The van der Waals surface area contributed by atoms with Crippen LogP contribution in [0.15, 0.2) is 84.0 Å². The molecule has 0 unspecified atom stereocenters. The quantitative estimate of drug-likeness (QED) is 0.254. The van der Waals surface area contributed by atoms with Crippen LogP contribution in [0.5, 0.6) is 0 Å². The fourth-order valence-corrected chi connectivity index (χ4v) is 4.91. The van der Waals surface area contributed by atoms with Gasteiger partial charge >= 0.3 is 0 Å². The smallest absolute Gasteiger partial charge is 0.175 e. The third-order valence-corrected chi connectivity index (χ3v) is 6.72. The first-order valence-corrected chi connectivity index (χ1v) is 13.3. The molecule has 2 N–H and O–H groups in total. The van der Waals surface area contributed by atoms with Gasteiger partial charge in [0.15, 0.2) is 10.9 Å². The standard InChI is InChI=1S/C27H26N6OS2/c1-36-24-23(20-6-5-13-28-18-20)31-25(32-26(24)33-14-16-34-17-15-33)19-9-11-22(12-10-19)30-27(35)29-21-7-3-2-4-8-21/h2-13,18H,14-17H2,1H3,(H2,29,30,35). The molecule has 0 bridgehead atoms. The summed E-state index contributed by atoms with van der Waals surface area (Å²) < 4.78 is 5.58. The van der Waals surface area contributed by atoms with E-state index in [1.807, 2.05) is 72.9 Å². The van der Waals surface area contributed by atoms with Crippen molar-refractivity contribution in [1.29, 1.82) is 0 Å². The Bertz CT molecular complexity index is 1310. The Balaban J connectivity index is 1.45. The van der Waals surface area contributed by atoms with Crippen LogP contribution < -0.4 is 15.5 Å². The van der Waals surface area contributed by atoms with Gasteiger partial charge in [0, 0.05) is 48.0 Å². The van der Waals surface area contributed by atoms with Gasteiger partial charge < -0.3 is 20.3 Å². The molecule has 0 radical (unpaired) electrons. The van der Waals surface area contributed by atoms with E-state index < -0.39 is 0 Å². The number of thioether (sulfide) groups is 1. The number of hydrogen-bond acceptors (Lipinski definition) is 7. The predicted octanol–water partition coefficient (Wildman–Crippen LogP) is 5.57. The molecule has 182 valence electrons. The Hall–Kier alpha value is -3.53. The van der Waals surface area contributed by atoms with Crippen molar-refractivity contribution < 1.29 is 4.74 Å². The molecule has 0 aliphatic carbocycles. The maximum absolute atomic E-state index is 5.58. The Kier molecular flexibility index (Phi) is 7.70. The van der Waals surface area contributed by atoms with Crippen molar-refractivity contribution in [2.45, 2.75) is 4.90 Å². The Morgan fingerprint density at radius 3 is 2.28 bits per heavy atom. The van der Waals surface area contributed by atoms with Crippen LogP contribution in [0.4, 0.5) is 17.2 Å². The largest absolute Gasteiger partial charge is 0.378 e. The SMILES string of the molecule is CSc1c(-c2cccnc2)nc(-c2ccc(NC(=S)Nc3ccccc3)cc2)nc1N1CCOCC1. The summed E-state index contributed by atoms with van der Waals surface area (Å²) in [6.07, 6.45) is 5.69. The van der Waals surface area contributed by atoms with Crippen LogP contribution in [0, 0.1) is 0 Å². The van der Waals surface area contributed by atoms with Crippen molar-refractivity contribution in [1.82, 2.24) is 15.0 Å². The number of thiocarbonyl (C=S) groups is 1. The number of rotatable bonds is 6. The molecule has 1 aliphatic rings. The second-order valence-electron chi connectivity index (χ2n) is 8.12. The minimum Gasteiger partial charge on any atom is -0.378 e. The van der Waals surface area contributed by atoms with Gasteiger partial charge in [0.05, 0.1) is 23.8 Å². The van der Waals surface area contributed by atoms with E-state index in [0.717, 1.165) is 52.0 Å². The minimum atomic E-state index is 0.531. The molecule has 0 atom stereocenters. The molecule has 36 heavy (non-hydrogen) atoms. The summed E-state index contributed by atoms with van der Waals surface area (Å²) in [6, 6.07) is 21.8. The number of nitrogens with one attached hydrogen (secondary N) is 2. The van der Waals surface area contributed by atoms with E-state index in [2.05, 4.69) is 26.8 Å². The maximum Gasteiger partial charge on any atom is 0.175 e. The van der Waals surface area contributed by atoms with Crippen LogP contribution in [0.2, 0.25) is 0 Å². The number of pyridine rings is 1. The molecule has 1 saturated heterocycles. The number of morpholine rings is 1. The summed E-state index contributed by atoms with van der Waals surface area (Å²) in [5.41, 5.74) is 4.60. The first-order valence-electron chi connectivity index (χ1n) is 11.6. The van der Waals surface area contributed by atoms with Gasteiger partial charge in [0.25, 0.3) is 0 Å². The Morgan fingerprint density at radius 1 is 0.889 bits per heavy atom. The van der Waals surface area contributed by atoms with E-state index in [9.17, 15) is 0 Å². The highest BCUT2D eigenvalue weighted by atomic mass is 32.2. The monoisotopic (exact) mass is 514 g/mol. The molecule has 2 aromatic carbocycles. The fourth-order valence-electron chi connectivity index (χ4n) is 3.96. The van der Waals surface area contributed by atoms with E-state index in [-0.39, 0.29) is 0 Å². The van der Waals surface area contributed by atoms with Crippen LogP contribution in [0.25, 0.3) is 22.6 Å². The van der Waals surface area contributed by atoms with E-state index >= 15 is 0 Å². The Labute approximate surface area is 220 Å². The van der Waals surface area contributed by atoms with E-state index in [1.54, 1.807) is 18.0 Å². The maximum atomic E-state index is 5.58. The average molecular weight is 515 g/mol. The number of para-hydroxylation sites is 1. The molecule has 4 aromatic rings. The van der Waals surface area contributed by atoms with E-state index in [4.69, 9.17) is 26.9 Å². The van der Waals surface area contributed by atoms with Gasteiger partial charge in [0.1, 0.15) is 5.82 Å². The molecule has 7 nitrogen and oxygen atoms in total. The van der Waals surface area contributed by atoms with Crippen LogP contribution >= 0.6 is 24.0 Å².